The van der Waals surface area contributed by atoms with Crippen molar-refractivity contribution in [2.24, 2.45) is 5.73 Å². The maximum absolute atomic E-state index is 14.0. The number of rotatable bonds is 6. The zero-order valence-electron chi connectivity index (χ0n) is 10.5. The molecular formula is C12H15F4N3O. The first-order valence-electron chi connectivity index (χ1n) is 5.76. The van der Waals surface area contributed by atoms with E-state index in [0.717, 1.165) is 4.90 Å². The number of hydrogen-bond donors (Lipinski definition) is 3. The molecule has 1 aromatic carbocycles. The molecule has 0 saturated carbocycles. The first kappa shape index (κ1) is 16.4. The molecule has 1 aromatic rings. The number of aliphatic hydroxyl groups is 1. The third-order valence-corrected chi connectivity index (χ3v) is 2.58. The van der Waals surface area contributed by atoms with Crippen LogP contribution in [0, 0.1) is 11.2 Å². The van der Waals surface area contributed by atoms with Gasteiger partial charge in [0.1, 0.15) is 11.7 Å². The summed E-state index contributed by atoms with van der Waals surface area (Å²) >= 11 is 0. The molecule has 0 saturated heterocycles. The molecule has 0 aromatic heterocycles. The van der Waals surface area contributed by atoms with Crippen LogP contribution in [0.15, 0.2) is 18.2 Å². The van der Waals surface area contributed by atoms with E-state index in [-0.39, 0.29) is 24.2 Å². The van der Waals surface area contributed by atoms with Crippen LogP contribution in [0.3, 0.4) is 0 Å². The van der Waals surface area contributed by atoms with Crippen LogP contribution in [0.5, 0.6) is 0 Å². The number of aliphatic hydroxyl groups excluding tert-OH is 1. The molecule has 0 unspecified atom stereocenters. The van der Waals surface area contributed by atoms with Crippen LogP contribution in [-0.4, -0.2) is 41.7 Å². The Kier molecular flexibility index (Phi) is 5.46. The Morgan fingerprint density at radius 3 is 2.50 bits per heavy atom. The molecule has 8 heteroatoms. The van der Waals surface area contributed by atoms with E-state index in [1.807, 2.05) is 0 Å². The first-order chi connectivity index (χ1) is 9.24. The number of nitrogen functional groups attached to an aromatic ring is 1. The summed E-state index contributed by atoms with van der Waals surface area (Å²) in [4.78, 5) is 0.877. The molecule has 4 N–H and O–H groups in total. The van der Waals surface area contributed by atoms with Crippen molar-refractivity contribution in [3.63, 3.8) is 0 Å². The standard InChI is InChI=1S/C12H15F4N3O/c13-10-8(2-1-3-9(10)11(17)18)6-19(4-5-20)7-12(14,15)16/h1-3,20H,4-7H2,(H3,17,18). The minimum absolute atomic E-state index is 0.00426. The van der Waals surface area contributed by atoms with Gasteiger partial charge >= 0.3 is 6.18 Å². The molecule has 20 heavy (non-hydrogen) atoms. The molecule has 0 atom stereocenters. The summed E-state index contributed by atoms with van der Waals surface area (Å²) in [6, 6.07) is 4.02. The number of nitrogens with one attached hydrogen (secondary N) is 1. The van der Waals surface area contributed by atoms with Crippen LogP contribution >= 0.6 is 0 Å². The van der Waals surface area contributed by atoms with Gasteiger partial charge in [-0.3, -0.25) is 10.3 Å². The number of hydrogen-bond acceptors (Lipinski definition) is 3. The zero-order chi connectivity index (χ0) is 15.3. The summed E-state index contributed by atoms with van der Waals surface area (Å²) < 4.78 is 51.1. The van der Waals surface area contributed by atoms with E-state index in [2.05, 4.69) is 0 Å². The summed E-state index contributed by atoms with van der Waals surface area (Å²) in [7, 11) is 0. The SMILES string of the molecule is N=C(N)c1cccc(CN(CCO)CC(F)(F)F)c1F. The molecule has 1 rings (SSSR count). The molecule has 0 aliphatic heterocycles. The Bertz CT molecular complexity index is 476. The molecule has 112 valence electrons. The number of benzene rings is 1. The second-order valence-corrected chi connectivity index (χ2v) is 4.24. The van der Waals surface area contributed by atoms with Gasteiger partial charge in [0, 0.05) is 18.7 Å². The molecule has 0 heterocycles. The fourth-order valence-electron chi connectivity index (χ4n) is 1.76. The van der Waals surface area contributed by atoms with Crippen LogP contribution in [0.25, 0.3) is 0 Å². The van der Waals surface area contributed by atoms with Gasteiger partial charge in [-0.05, 0) is 6.07 Å². The molecule has 4 nitrogen and oxygen atoms in total. The third-order valence-electron chi connectivity index (χ3n) is 2.58. The quantitative estimate of drug-likeness (QED) is 0.422. The number of nitrogens with two attached hydrogens (primary N) is 1. The second-order valence-electron chi connectivity index (χ2n) is 4.24. The molecular weight excluding hydrogens is 278 g/mol. The predicted octanol–water partition coefficient (Wildman–Crippen LogP) is 1.47. The van der Waals surface area contributed by atoms with Gasteiger partial charge in [0.05, 0.1) is 18.7 Å². The molecule has 0 bridgehead atoms. The average molecular weight is 293 g/mol. The minimum atomic E-state index is -4.44. The van der Waals surface area contributed by atoms with E-state index in [0.29, 0.717) is 0 Å². The van der Waals surface area contributed by atoms with Crippen molar-refractivity contribution in [2.75, 3.05) is 19.7 Å². The summed E-state index contributed by atoms with van der Waals surface area (Å²) in [5.41, 5.74) is 5.03. The van der Waals surface area contributed by atoms with Crippen LogP contribution in [-0.2, 0) is 6.54 Å². The highest BCUT2D eigenvalue weighted by Crippen LogP contribution is 2.20. The molecule has 0 amide bonds. The highest BCUT2D eigenvalue weighted by atomic mass is 19.4. The molecule has 0 spiro atoms. The van der Waals surface area contributed by atoms with Crippen molar-refractivity contribution in [2.45, 2.75) is 12.7 Å². The summed E-state index contributed by atoms with van der Waals surface area (Å²) in [5, 5.41) is 16.0. The van der Waals surface area contributed by atoms with E-state index >= 15 is 0 Å². The van der Waals surface area contributed by atoms with Gasteiger partial charge in [0.25, 0.3) is 0 Å². The lowest BCUT2D eigenvalue weighted by Crippen LogP contribution is -2.36. The van der Waals surface area contributed by atoms with E-state index in [1.165, 1.54) is 18.2 Å². The fraction of sp³-hybridized carbons (Fsp3) is 0.417. The van der Waals surface area contributed by atoms with Crippen LogP contribution < -0.4 is 5.73 Å². The predicted molar refractivity (Wildman–Crippen MR) is 65.8 cm³/mol. The van der Waals surface area contributed by atoms with E-state index in [1.54, 1.807) is 0 Å². The lowest BCUT2D eigenvalue weighted by Gasteiger charge is -2.23. The summed E-state index contributed by atoms with van der Waals surface area (Å²) in [6.45, 7) is -2.28. The Morgan fingerprint density at radius 1 is 1.35 bits per heavy atom. The normalized spacial score (nSPS) is 11.9. The van der Waals surface area contributed by atoms with Gasteiger partial charge in [0.15, 0.2) is 0 Å². The zero-order valence-corrected chi connectivity index (χ0v) is 10.5. The van der Waals surface area contributed by atoms with Crippen molar-refractivity contribution < 1.29 is 22.7 Å². The number of halogens is 4. The van der Waals surface area contributed by atoms with Gasteiger partial charge in [-0.25, -0.2) is 4.39 Å². The molecule has 0 aliphatic rings. The maximum Gasteiger partial charge on any atom is 0.401 e. The van der Waals surface area contributed by atoms with E-state index in [9.17, 15) is 17.6 Å². The molecule has 0 fully saturated rings. The number of alkyl halides is 3. The lowest BCUT2D eigenvalue weighted by molar-refractivity contribution is -0.148. The average Bonchev–Trinajstić information content (AvgIpc) is 2.29. The van der Waals surface area contributed by atoms with Crippen molar-refractivity contribution in [1.29, 1.82) is 5.41 Å². The minimum Gasteiger partial charge on any atom is -0.395 e. The molecule has 0 aliphatic carbocycles. The van der Waals surface area contributed by atoms with Gasteiger partial charge in [-0.2, -0.15) is 13.2 Å². The maximum atomic E-state index is 14.0. The highest BCUT2D eigenvalue weighted by Gasteiger charge is 2.30. The lowest BCUT2D eigenvalue weighted by atomic mass is 10.1. The topological polar surface area (TPSA) is 73.3 Å². The second kappa shape index (κ2) is 6.67. The largest absolute Gasteiger partial charge is 0.401 e. The van der Waals surface area contributed by atoms with Crippen molar-refractivity contribution in [3.8, 4) is 0 Å². The monoisotopic (exact) mass is 293 g/mol. The van der Waals surface area contributed by atoms with Crippen molar-refractivity contribution in [1.82, 2.24) is 4.90 Å². The number of amidine groups is 1. The Labute approximate surface area is 113 Å². The third kappa shape index (κ3) is 4.78. The van der Waals surface area contributed by atoms with Crippen molar-refractivity contribution in [3.05, 3.63) is 35.1 Å². The Hall–Kier alpha value is -1.67. The number of nitrogens with zero attached hydrogens (tertiary/aromatic N) is 1. The summed E-state index contributed by atoms with van der Waals surface area (Å²) in [5.74, 6) is -1.31. The van der Waals surface area contributed by atoms with Crippen LogP contribution in [0.1, 0.15) is 11.1 Å². The van der Waals surface area contributed by atoms with Crippen molar-refractivity contribution >= 4 is 5.84 Å². The fourth-order valence-corrected chi connectivity index (χ4v) is 1.76. The van der Waals surface area contributed by atoms with E-state index in [4.69, 9.17) is 16.2 Å². The smallest absolute Gasteiger partial charge is 0.395 e. The van der Waals surface area contributed by atoms with Crippen LogP contribution in [0.4, 0.5) is 17.6 Å². The Balaban J connectivity index is 2.94. The van der Waals surface area contributed by atoms with Gasteiger partial charge in [-0.15, -0.1) is 0 Å². The van der Waals surface area contributed by atoms with Gasteiger partial charge in [0.2, 0.25) is 0 Å². The van der Waals surface area contributed by atoms with Gasteiger partial charge in [-0.1, -0.05) is 12.1 Å². The summed E-state index contributed by atoms with van der Waals surface area (Å²) in [6.07, 6.45) is -4.44. The first-order valence-corrected chi connectivity index (χ1v) is 5.76. The molecule has 0 radical (unpaired) electrons. The van der Waals surface area contributed by atoms with Gasteiger partial charge < -0.3 is 10.8 Å². The van der Waals surface area contributed by atoms with E-state index < -0.39 is 31.0 Å². The highest BCUT2D eigenvalue weighted by molar-refractivity contribution is 5.95. The Morgan fingerprint density at radius 2 is 2.00 bits per heavy atom. The van der Waals surface area contributed by atoms with Crippen LogP contribution in [0.2, 0.25) is 0 Å².